The number of hydrogen-bond acceptors (Lipinski definition) is 3. The van der Waals surface area contributed by atoms with Gasteiger partial charge in [-0.1, -0.05) is 36.4 Å². The molecule has 2 N–H and O–H groups in total. The van der Waals surface area contributed by atoms with Gasteiger partial charge in [0.1, 0.15) is 0 Å². The van der Waals surface area contributed by atoms with E-state index in [0.29, 0.717) is 11.5 Å². The van der Waals surface area contributed by atoms with Crippen molar-refractivity contribution in [1.29, 1.82) is 0 Å². The summed E-state index contributed by atoms with van der Waals surface area (Å²) in [5.74, 6) is 0.202. The number of rotatable bonds is 4. The minimum Gasteiger partial charge on any atom is -0.277 e. The molecule has 0 saturated heterocycles. The Kier molecular flexibility index (Phi) is 4.44. The van der Waals surface area contributed by atoms with Crippen LogP contribution in [0.3, 0.4) is 0 Å². The fourth-order valence-corrected chi connectivity index (χ4v) is 2.95. The molecule has 0 spiro atoms. The first-order chi connectivity index (χ1) is 10.7. The Morgan fingerprint density at radius 1 is 0.955 bits per heavy atom. The van der Waals surface area contributed by atoms with Gasteiger partial charge in [0, 0.05) is 10.5 Å². The number of hydrogen-bond donors (Lipinski definition) is 2. The van der Waals surface area contributed by atoms with Crippen LogP contribution in [0.4, 0.5) is 4.79 Å². The molecule has 2 aromatic carbocycles. The maximum atomic E-state index is 11.9. The average molecular weight is 312 g/mol. The SMILES string of the molecule is O=C(NSc1ccccc1C1CC1)NC(=O)c1ccccc1. The highest BCUT2D eigenvalue weighted by Crippen LogP contribution is 2.43. The summed E-state index contributed by atoms with van der Waals surface area (Å²) in [4.78, 5) is 24.7. The highest BCUT2D eigenvalue weighted by Gasteiger charge is 2.26. The molecule has 0 radical (unpaired) electrons. The molecule has 1 fully saturated rings. The molecule has 1 aliphatic rings. The van der Waals surface area contributed by atoms with Gasteiger partial charge < -0.3 is 0 Å². The first-order valence-corrected chi connectivity index (χ1v) is 7.98. The normalized spacial score (nSPS) is 13.5. The molecule has 0 aromatic heterocycles. The monoisotopic (exact) mass is 312 g/mol. The summed E-state index contributed by atoms with van der Waals surface area (Å²) in [5.41, 5.74) is 1.73. The Morgan fingerprint density at radius 2 is 1.64 bits per heavy atom. The minimum atomic E-state index is -0.510. The van der Waals surface area contributed by atoms with Gasteiger partial charge in [-0.05, 0) is 54.5 Å². The van der Waals surface area contributed by atoms with Crippen molar-refractivity contribution in [1.82, 2.24) is 10.0 Å². The van der Waals surface area contributed by atoms with Gasteiger partial charge in [0.05, 0.1) is 0 Å². The third kappa shape index (κ3) is 3.68. The van der Waals surface area contributed by atoms with Gasteiger partial charge in [-0.15, -0.1) is 0 Å². The van der Waals surface area contributed by atoms with Crippen molar-refractivity contribution in [3.05, 3.63) is 65.7 Å². The smallest absolute Gasteiger partial charge is 0.277 e. The van der Waals surface area contributed by atoms with Crippen molar-refractivity contribution >= 4 is 23.9 Å². The third-order valence-corrected chi connectivity index (χ3v) is 4.33. The number of benzene rings is 2. The number of amides is 3. The maximum Gasteiger partial charge on any atom is 0.331 e. The predicted octanol–water partition coefficient (Wildman–Crippen LogP) is 3.71. The standard InChI is InChI=1S/C17H16N2O2S/c20-16(13-6-2-1-3-7-13)18-17(21)19-22-15-9-5-4-8-14(15)12-10-11-12/h1-9,12H,10-11H2,(H2,18,19,20,21). The summed E-state index contributed by atoms with van der Waals surface area (Å²) >= 11 is 1.25. The van der Waals surface area contributed by atoms with Crippen molar-refractivity contribution in [2.75, 3.05) is 0 Å². The first kappa shape index (κ1) is 14.7. The fourth-order valence-electron chi connectivity index (χ4n) is 2.20. The van der Waals surface area contributed by atoms with E-state index in [4.69, 9.17) is 0 Å². The van der Waals surface area contributed by atoms with E-state index in [1.54, 1.807) is 24.3 Å². The molecule has 3 rings (SSSR count). The van der Waals surface area contributed by atoms with Crippen LogP contribution in [-0.4, -0.2) is 11.9 Å². The van der Waals surface area contributed by atoms with Gasteiger partial charge in [0.2, 0.25) is 0 Å². The summed E-state index contributed by atoms with van der Waals surface area (Å²) < 4.78 is 2.67. The number of nitrogens with one attached hydrogen (secondary N) is 2. The Bertz CT molecular complexity index is 684. The number of imide groups is 1. The Labute approximate surface area is 133 Å². The number of carbonyl (C=O) groups excluding carboxylic acids is 2. The average Bonchev–Trinajstić information content (AvgIpc) is 3.39. The maximum absolute atomic E-state index is 11.9. The van der Waals surface area contributed by atoms with Gasteiger partial charge in [0.25, 0.3) is 5.91 Å². The molecular weight excluding hydrogens is 296 g/mol. The van der Waals surface area contributed by atoms with Crippen LogP contribution in [-0.2, 0) is 0 Å². The first-order valence-electron chi connectivity index (χ1n) is 7.16. The van der Waals surface area contributed by atoms with E-state index in [0.717, 1.165) is 4.90 Å². The molecule has 0 aliphatic heterocycles. The summed E-state index contributed by atoms with van der Waals surface area (Å²) in [7, 11) is 0. The summed E-state index contributed by atoms with van der Waals surface area (Å²) in [6, 6.07) is 16.2. The van der Waals surface area contributed by atoms with Crippen molar-refractivity contribution in [2.24, 2.45) is 0 Å². The number of carbonyl (C=O) groups is 2. The van der Waals surface area contributed by atoms with E-state index < -0.39 is 11.9 Å². The predicted molar refractivity (Wildman–Crippen MR) is 86.7 cm³/mol. The van der Waals surface area contributed by atoms with Gasteiger partial charge in [-0.2, -0.15) is 0 Å². The van der Waals surface area contributed by atoms with Crippen molar-refractivity contribution in [3.63, 3.8) is 0 Å². The van der Waals surface area contributed by atoms with E-state index in [2.05, 4.69) is 16.1 Å². The van der Waals surface area contributed by atoms with Crippen molar-refractivity contribution in [2.45, 2.75) is 23.7 Å². The number of urea groups is 1. The van der Waals surface area contributed by atoms with Crippen LogP contribution in [0.15, 0.2) is 59.5 Å². The van der Waals surface area contributed by atoms with Crippen LogP contribution in [0, 0.1) is 0 Å². The van der Waals surface area contributed by atoms with E-state index in [1.807, 2.05) is 24.3 Å². The Hall–Kier alpha value is -2.27. The van der Waals surface area contributed by atoms with Crippen molar-refractivity contribution < 1.29 is 9.59 Å². The van der Waals surface area contributed by atoms with E-state index in [-0.39, 0.29) is 0 Å². The second-order valence-electron chi connectivity index (χ2n) is 5.17. The zero-order valence-electron chi connectivity index (χ0n) is 11.9. The van der Waals surface area contributed by atoms with Crippen LogP contribution in [0.5, 0.6) is 0 Å². The summed E-state index contributed by atoms with van der Waals surface area (Å²) in [6.45, 7) is 0. The second-order valence-corrected chi connectivity index (χ2v) is 6.01. The summed E-state index contributed by atoms with van der Waals surface area (Å²) in [5, 5.41) is 2.32. The fraction of sp³-hybridized carbons (Fsp3) is 0.176. The molecule has 4 nitrogen and oxygen atoms in total. The van der Waals surface area contributed by atoms with Gasteiger partial charge in [0.15, 0.2) is 0 Å². The quantitative estimate of drug-likeness (QED) is 0.846. The van der Waals surface area contributed by atoms with Crippen molar-refractivity contribution in [3.8, 4) is 0 Å². The third-order valence-electron chi connectivity index (χ3n) is 3.45. The van der Waals surface area contributed by atoms with Gasteiger partial charge >= 0.3 is 6.03 Å². The lowest BCUT2D eigenvalue weighted by molar-refractivity contribution is 0.0965. The van der Waals surface area contributed by atoms with Crippen LogP contribution < -0.4 is 10.0 Å². The highest BCUT2D eigenvalue weighted by atomic mass is 32.2. The zero-order valence-corrected chi connectivity index (χ0v) is 12.7. The van der Waals surface area contributed by atoms with E-state index in [1.165, 1.54) is 30.4 Å². The molecule has 2 aromatic rings. The van der Waals surface area contributed by atoms with Crippen LogP contribution >= 0.6 is 11.9 Å². The zero-order chi connectivity index (χ0) is 15.4. The van der Waals surface area contributed by atoms with E-state index >= 15 is 0 Å². The lowest BCUT2D eigenvalue weighted by Crippen LogP contribution is -2.36. The molecule has 0 bridgehead atoms. The Balaban J connectivity index is 1.56. The summed E-state index contributed by atoms with van der Waals surface area (Å²) in [6.07, 6.45) is 2.41. The molecule has 1 aliphatic carbocycles. The van der Waals surface area contributed by atoms with Gasteiger partial charge in [-0.25, -0.2) is 4.79 Å². The largest absolute Gasteiger partial charge is 0.331 e. The minimum absolute atomic E-state index is 0.408. The molecule has 0 unspecified atom stereocenters. The van der Waals surface area contributed by atoms with Crippen LogP contribution in [0.25, 0.3) is 0 Å². The Morgan fingerprint density at radius 3 is 2.36 bits per heavy atom. The molecule has 22 heavy (non-hydrogen) atoms. The molecule has 0 atom stereocenters. The lowest BCUT2D eigenvalue weighted by atomic mass is 10.1. The van der Waals surface area contributed by atoms with Crippen LogP contribution in [0.1, 0.15) is 34.7 Å². The molecule has 5 heteroatoms. The highest BCUT2D eigenvalue weighted by molar-refractivity contribution is 7.98. The molecule has 3 amide bonds. The topological polar surface area (TPSA) is 58.2 Å². The van der Waals surface area contributed by atoms with E-state index in [9.17, 15) is 9.59 Å². The molecule has 0 heterocycles. The molecule has 112 valence electrons. The van der Waals surface area contributed by atoms with Crippen LogP contribution in [0.2, 0.25) is 0 Å². The lowest BCUT2D eigenvalue weighted by Gasteiger charge is -2.09. The molecule has 1 saturated carbocycles. The van der Waals surface area contributed by atoms with Gasteiger partial charge in [-0.3, -0.25) is 14.8 Å². The molecular formula is C17H16N2O2S. The second kappa shape index (κ2) is 6.66.